The Morgan fingerprint density at radius 1 is 1.12 bits per heavy atom. The molecule has 0 aliphatic heterocycles. The van der Waals surface area contributed by atoms with Gasteiger partial charge in [-0.1, -0.05) is 11.6 Å². The van der Waals surface area contributed by atoms with Crippen molar-refractivity contribution >= 4 is 29.5 Å². The van der Waals surface area contributed by atoms with Gasteiger partial charge in [0.1, 0.15) is 11.5 Å². The van der Waals surface area contributed by atoms with Gasteiger partial charge in [0, 0.05) is 33.5 Å². The van der Waals surface area contributed by atoms with Gasteiger partial charge in [0.25, 0.3) is 5.91 Å². The molecule has 176 valence electrons. The van der Waals surface area contributed by atoms with Gasteiger partial charge < -0.3 is 14.9 Å². The molecule has 3 N–H and O–H groups in total. The fourth-order valence-electron chi connectivity index (χ4n) is 3.00. The molecule has 0 aliphatic rings. The van der Waals surface area contributed by atoms with Crippen LogP contribution in [-0.2, 0) is 11.4 Å². The molecule has 3 aromatic rings. The van der Waals surface area contributed by atoms with Gasteiger partial charge in [0.2, 0.25) is 0 Å². The molecular formula is C25H24ClN3O5. The van der Waals surface area contributed by atoms with E-state index in [4.69, 9.17) is 16.3 Å². The zero-order valence-corrected chi connectivity index (χ0v) is 19.6. The van der Waals surface area contributed by atoms with Crippen LogP contribution in [0.1, 0.15) is 46.6 Å². The van der Waals surface area contributed by atoms with Crippen LogP contribution in [0.25, 0.3) is 0 Å². The minimum atomic E-state index is -1.30. The highest BCUT2D eigenvalue weighted by atomic mass is 35.5. The number of carbonyl (C=O) groups excluding carboxylic acids is 2. The summed E-state index contributed by atoms with van der Waals surface area (Å²) < 4.78 is 5.80. The Labute approximate surface area is 201 Å². The maximum absolute atomic E-state index is 12.6. The Morgan fingerprint density at radius 2 is 1.71 bits per heavy atom. The molecule has 34 heavy (non-hydrogen) atoms. The predicted molar refractivity (Wildman–Crippen MR) is 128 cm³/mol. The number of aromatic nitrogens is 1. The molecule has 9 heteroatoms. The van der Waals surface area contributed by atoms with E-state index in [1.165, 1.54) is 12.4 Å². The lowest BCUT2D eigenvalue weighted by Crippen LogP contribution is -2.44. The van der Waals surface area contributed by atoms with Crippen molar-refractivity contribution in [1.82, 2.24) is 10.4 Å². The van der Waals surface area contributed by atoms with Gasteiger partial charge in [0.15, 0.2) is 11.4 Å². The smallest absolute Gasteiger partial charge is 0.283 e. The highest BCUT2D eigenvalue weighted by Crippen LogP contribution is 2.23. The number of aryl methyl sites for hydroxylation is 1. The summed E-state index contributed by atoms with van der Waals surface area (Å²) in [6.07, 6.45) is 2.66. The van der Waals surface area contributed by atoms with Gasteiger partial charge in [0.05, 0.1) is 18.5 Å². The summed E-state index contributed by atoms with van der Waals surface area (Å²) in [5.74, 6) is -0.442. The Balaban J connectivity index is 1.66. The largest absolute Gasteiger partial charge is 0.505 e. The normalized spacial score (nSPS) is 11.4. The number of rotatable bonds is 8. The van der Waals surface area contributed by atoms with Gasteiger partial charge in [-0.05, 0) is 69.3 Å². The number of nitrogens with zero attached hydrogens (tertiary/aromatic N) is 2. The van der Waals surface area contributed by atoms with E-state index in [1.54, 1.807) is 69.3 Å². The van der Waals surface area contributed by atoms with E-state index in [0.717, 1.165) is 0 Å². The third-order valence-corrected chi connectivity index (χ3v) is 5.28. The van der Waals surface area contributed by atoms with E-state index >= 15 is 0 Å². The molecule has 1 heterocycles. The quantitative estimate of drug-likeness (QED) is 0.256. The predicted octanol–water partition coefficient (Wildman–Crippen LogP) is 3.78. The van der Waals surface area contributed by atoms with Gasteiger partial charge in [-0.3, -0.25) is 14.6 Å². The number of pyridine rings is 1. The number of hydrogen-bond donors (Lipinski definition) is 3. The first-order chi connectivity index (χ1) is 16.1. The first-order valence-electron chi connectivity index (χ1n) is 10.3. The molecule has 0 saturated carbocycles. The van der Waals surface area contributed by atoms with Crippen LogP contribution in [-0.4, -0.2) is 38.7 Å². The van der Waals surface area contributed by atoms with Crippen LogP contribution in [0.15, 0.2) is 59.8 Å². The Hall–Kier alpha value is -3.75. The van der Waals surface area contributed by atoms with Crippen LogP contribution in [0, 0.1) is 6.92 Å². The standard InChI is InChI=1S/C25H24ClN3O5/c1-15-22(31)21(18(14-30)12-27-15)13-28-29-24(33)25(2,3)34-20-10-6-17(7-11-20)23(32)16-4-8-19(26)9-5-16/h4-13,30-31H,14H2,1-3H3,(H,29,33)/b28-13+. The summed E-state index contributed by atoms with van der Waals surface area (Å²) in [4.78, 5) is 29.2. The molecule has 0 saturated heterocycles. The Kier molecular flexibility index (Phi) is 7.65. The minimum Gasteiger partial charge on any atom is -0.505 e. The fourth-order valence-corrected chi connectivity index (χ4v) is 3.12. The number of carbonyl (C=O) groups is 2. The van der Waals surface area contributed by atoms with Crippen LogP contribution >= 0.6 is 11.6 Å². The summed E-state index contributed by atoms with van der Waals surface area (Å²) in [6, 6.07) is 13.0. The topological polar surface area (TPSA) is 121 Å². The lowest BCUT2D eigenvalue weighted by molar-refractivity contribution is -0.134. The maximum atomic E-state index is 12.6. The van der Waals surface area contributed by atoms with Crippen molar-refractivity contribution in [3.05, 3.63) is 87.7 Å². The molecule has 1 amide bonds. The highest BCUT2D eigenvalue weighted by Gasteiger charge is 2.30. The van der Waals surface area contributed by atoms with Crippen LogP contribution in [0.5, 0.6) is 11.5 Å². The second-order valence-electron chi connectivity index (χ2n) is 7.96. The van der Waals surface area contributed by atoms with E-state index in [1.807, 2.05) is 0 Å². The van der Waals surface area contributed by atoms with Crippen LogP contribution in [0.4, 0.5) is 0 Å². The Bertz CT molecular complexity index is 1220. The molecule has 8 nitrogen and oxygen atoms in total. The van der Waals surface area contributed by atoms with E-state index in [9.17, 15) is 19.8 Å². The molecule has 0 aliphatic carbocycles. The monoisotopic (exact) mass is 481 g/mol. The fraction of sp³-hybridized carbons (Fsp3) is 0.200. The molecule has 0 atom stereocenters. The number of hydrazone groups is 1. The summed E-state index contributed by atoms with van der Waals surface area (Å²) >= 11 is 5.87. The number of benzene rings is 2. The molecule has 0 unspecified atom stereocenters. The van der Waals surface area contributed by atoms with Crippen molar-refractivity contribution in [2.24, 2.45) is 5.10 Å². The molecule has 0 spiro atoms. The third-order valence-electron chi connectivity index (χ3n) is 5.03. The van der Waals surface area contributed by atoms with E-state index in [2.05, 4.69) is 15.5 Å². The number of nitrogens with one attached hydrogen (secondary N) is 1. The summed E-state index contributed by atoms with van der Waals surface area (Å²) in [6.45, 7) is 4.40. The van der Waals surface area contributed by atoms with Crippen molar-refractivity contribution < 1.29 is 24.5 Å². The number of hydrogen-bond acceptors (Lipinski definition) is 7. The number of halogens is 1. The van der Waals surface area contributed by atoms with Crippen molar-refractivity contribution in [2.75, 3.05) is 0 Å². The first kappa shape index (κ1) is 24.9. The van der Waals surface area contributed by atoms with Crippen molar-refractivity contribution in [1.29, 1.82) is 0 Å². The van der Waals surface area contributed by atoms with Crippen LogP contribution in [0.3, 0.4) is 0 Å². The number of aliphatic hydroxyl groups is 1. The SMILES string of the molecule is Cc1ncc(CO)c(/C=N/NC(=O)C(C)(C)Oc2ccc(C(=O)c3ccc(Cl)cc3)cc2)c1O. The van der Waals surface area contributed by atoms with Gasteiger partial charge in [-0.2, -0.15) is 5.10 Å². The molecule has 2 aromatic carbocycles. The summed E-state index contributed by atoms with van der Waals surface area (Å²) in [5.41, 5.74) is 3.04. The van der Waals surface area contributed by atoms with Crippen LogP contribution < -0.4 is 10.2 Å². The zero-order chi connectivity index (χ0) is 24.9. The number of ether oxygens (including phenoxy) is 1. The Morgan fingerprint density at radius 3 is 2.29 bits per heavy atom. The van der Waals surface area contributed by atoms with Crippen molar-refractivity contribution in [3.63, 3.8) is 0 Å². The second kappa shape index (κ2) is 10.5. The van der Waals surface area contributed by atoms with E-state index in [0.29, 0.717) is 33.2 Å². The third kappa shape index (κ3) is 5.78. The number of aromatic hydroxyl groups is 1. The lowest BCUT2D eigenvalue weighted by atomic mass is 10.0. The van der Waals surface area contributed by atoms with E-state index in [-0.39, 0.29) is 23.7 Å². The minimum absolute atomic E-state index is 0.131. The van der Waals surface area contributed by atoms with Crippen molar-refractivity contribution in [2.45, 2.75) is 33.0 Å². The average Bonchev–Trinajstić information content (AvgIpc) is 2.82. The molecular weight excluding hydrogens is 458 g/mol. The maximum Gasteiger partial charge on any atom is 0.283 e. The lowest BCUT2D eigenvalue weighted by Gasteiger charge is -2.24. The van der Waals surface area contributed by atoms with Gasteiger partial charge in [-0.25, -0.2) is 5.43 Å². The summed E-state index contributed by atoms with van der Waals surface area (Å²) in [7, 11) is 0. The molecule has 0 bridgehead atoms. The average molecular weight is 482 g/mol. The molecule has 0 radical (unpaired) electrons. The van der Waals surface area contributed by atoms with E-state index < -0.39 is 11.5 Å². The number of amides is 1. The number of ketones is 1. The number of aliphatic hydroxyl groups excluding tert-OH is 1. The molecule has 3 rings (SSSR count). The summed E-state index contributed by atoms with van der Waals surface area (Å²) in [5, 5.41) is 24.0. The first-order valence-corrected chi connectivity index (χ1v) is 10.7. The highest BCUT2D eigenvalue weighted by molar-refractivity contribution is 6.30. The van der Waals surface area contributed by atoms with Gasteiger partial charge in [-0.15, -0.1) is 0 Å². The van der Waals surface area contributed by atoms with Crippen molar-refractivity contribution in [3.8, 4) is 11.5 Å². The second-order valence-corrected chi connectivity index (χ2v) is 8.40. The van der Waals surface area contributed by atoms with Crippen LogP contribution in [0.2, 0.25) is 5.02 Å². The van der Waals surface area contributed by atoms with Gasteiger partial charge >= 0.3 is 0 Å². The zero-order valence-electron chi connectivity index (χ0n) is 18.9. The molecule has 0 fully saturated rings. The molecule has 1 aromatic heterocycles.